The molecule has 0 heterocycles. The molecule has 1 unspecified atom stereocenters. The van der Waals surface area contributed by atoms with Crippen LogP contribution in [0.3, 0.4) is 0 Å². The highest BCUT2D eigenvalue weighted by molar-refractivity contribution is 4.78. The first-order valence-electron chi connectivity index (χ1n) is 7.43. The first kappa shape index (κ1) is 15.0. The smallest absolute Gasteiger partial charge is 0.00925 e. The van der Waals surface area contributed by atoms with E-state index >= 15 is 0 Å². The molecule has 0 saturated heterocycles. The maximum Gasteiger partial charge on any atom is 0.00925 e. The quantitative estimate of drug-likeness (QED) is 0.773. The molecule has 1 rings (SSSR count). The van der Waals surface area contributed by atoms with Gasteiger partial charge in [0.15, 0.2) is 0 Å². The minimum Gasteiger partial charge on any atom is -0.330 e. The molecule has 1 aliphatic rings. The summed E-state index contributed by atoms with van der Waals surface area (Å²) in [4.78, 5) is 2.58. The third-order valence-corrected chi connectivity index (χ3v) is 4.29. The highest BCUT2D eigenvalue weighted by Crippen LogP contribution is 2.27. The van der Waals surface area contributed by atoms with E-state index < -0.39 is 0 Å². The Hall–Kier alpha value is -0.0800. The minimum atomic E-state index is 0.680. The molecule has 0 spiro atoms. The van der Waals surface area contributed by atoms with Gasteiger partial charge < -0.3 is 10.6 Å². The lowest BCUT2D eigenvalue weighted by molar-refractivity contribution is 0.144. The third-order valence-electron chi connectivity index (χ3n) is 4.29. The molecule has 0 radical (unpaired) electrons. The van der Waals surface area contributed by atoms with Crippen LogP contribution in [0.25, 0.3) is 0 Å². The second kappa shape index (κ2) is 7.38. The summed E-state index contributed by atoms with van der Waals surface area (Å²) < 4.78 is 0. The number of rotatable bonds is 6. The lowest BCUT2D eigenvalue weighted by atomic mass is 9.86. The number of nitrogens with zero attached hydrogens (tertiary/aromatic N) is 1. The van der Waals surface area contributed by atoms with E-state index in [1.807, 2.05) is 0 Å². The SMILES string of the molecule is CC(C)CC(CN)CN(C)C1CCC(C)CC1. The van der Waals surface area contributed by atoms with E-state index in [0.29, 0.717) is 5.92 Å². The zero-order valence-corrected chi connectivity index (χ0v) is 12.3. The van der Waals surface area contributed by atoms with Crippen LogP contribution in [0.5, 0.6) is 0 Å². The van der Waals surface area contributed by atoms with Crippen LogP contribution in [-0.4, -0.2) is 31.1 Å². The molecule has 1 aliphatic carbocycles. The molecule has 0 aromatic heterocycles. The minimum absolute atomic E-state index is 0.680. The molecule has 0 aromatic rings. The zero-order valence-electron chi connectivity index (χ0n) is 12.3. The molecule has 1 fully saturated rings. The van der Waals surface area contributed by atoms with E-state index in [9.17, 15) is 0 Å². The van der Waals surface area contributed by atoms with Crippen molar-refractivity contribution in [2.24, 2.45) is 23.5 Å². The van der Waals surface area contributed by atoms with Gasteiger partial charge in [0.25, 0.3) is 0 Å². The van der Waals surface area contributed by atoms with Gasteiger partial charge in [-0.05, 0) is 63.5 Å². The van der Waals surface area contributed by atoms with Crippen molar-refractivity contribution in [3.63, 3.8) is 0 Å². The van der Waals surface area contributed by atoms with E-state index in [4.69, 9.17) is 5.73 Å². The standard InChI is InChI=1S/C15H32N2/c1-12(2)9-14(10-16)11-17(4)15-7-5-13(3)6-8-15/h12-15H,5-11,16H2,1-4H3. The number of hydrogen-bond donors (Lipinski definition) is 1. The lowest BCUT2D eigenvalue weighted by Gasteiger charge is -2.35. The van der Waals surface area contributed by atoms with Crippen molar-refractivity contribution < 1.29 is 0 Å². The fourth-order valence-corrected chi connectivity index (χ4v) is 3.15. The molecule has 2 nitrogen and oxygen atoms in total. The van der Waals surface area contributed by atoms with Crippen molar-refractivity contribution in [3.05, 3.63) is 0 Å². The molecule has 0 aliphatic heterocycles. The van der Waals surface area contributed by atoms with Crippen molar-refractivity contribution in [3.8, 4) is 0 Å². The van der Waals surface area contributed by atoms with Crippen LogP contribution in [0, 0.1) is 17.8 Å². The largest absolute Gasteiger partial charge is 0.330 e. The van der Waals surface area contributed by atoms with Crippen LogP contribution in [0.15, 0.2) is 0 Å². The van der Waals surface area contributed by atoms with Gasteiger partial charge in [0, 0.05) is 12.6 Å². The van der Waals surface area contributed by atoms with E-state index in [2.05, 4.69) is 32.7 Å². The zero-order chi connectivity index (χ0) is 12.8. The topological polar surface area (TPSA) is 29.3 Å². The fourth-order valence-electron chi connectivity index (χ4n) is 3.15. The summed E-state index contributed by atoms with van der Waals surface area (Å²) >= 11 is 0. The molecule has 0 amide bonds. The average molecular weight is 240 g/mol. The molecule has 1 atom stereocenters. The normalized spacial score (nSPS) is 27.7. The summed E-state index contributed by atoms with van der Waals surface area (Å²) in [6.07, 6.45) is 6.86. The van der Waals surface area contributed by atoms with Crippen LogP contribution in [0.2, 0.25) is 0 Å². The van der Waals surface area contributed by atoms with E-state index in [1.54, 1.807) is 0 Å². The Balaban J connectivity index is 2.33. The maximum absolute atomic E-state index is 5.89. The van der Waals surface area contributed by atoms with Gasteiger partial charge >= 0.3 is 0 Å². The number of nitrogens with two attached hydrogens (primary N) is 1. The molecule has 17 heavy (non-hydrogen) atoms. The molecule has 2 N–H and O–H groups in total. The summed E-state index contributed by atoms with van der Waals surface area (Å²) in [6.45, 7) is 9.01. The van der Waals surface area contributed by atoms with E-state index in [0.717, 1.165) is 24.4 Å². The van der Waals surface area contributed by atoms with Gasteiger partial charge in [-0.2, -0.15) is 0 Å². The summed E-state index contributed by atoms with van der Waals surface area (Å²) in [6, 6.07) is 0.812. The first-order chi connectivity index (χ1) is 8.02. The van der Waals surface area contributed by atoms with Crippen LogP contribution in [-0.2, 0) is 0 Å². The third kappa shape index (κ3) is 5.39. The van der Waals surface area contributed by atoms with Gasteiger partial charge in [-0.3, -0.25) is 0 Å². The summed E-state index contributed by atoms with van der Waals surface area (Å²) in [5, 5.41) is 0. The summed E-state index contributed by atoms with van der Waals surface area (Å²) in [5.74, 6) is 2.39. The van der Waals surface area contributed by atoms with Crippen molar-refractivity contribution in [1.29, 1.82) is 0 Å². The second-order valence-corrected chi connectivity index (χ2v) is 6.58. The Morgan fingerprint density at radius 1 is 1.18 bits per heavy atom. The summed E-state index contributed by atoms with van der Waals surface area (Å²) in [5.41, 5.74) is 5.89. The van der Waals surface area contributed by atoms with Crippen LogP contribution < -0.4 is 5.73 Å². The monoisotopic (exact) mass is 240 g/mol. The number of hydrogen-bond acceptors (Lipinski definition) is 2. The Morgan fingerprint density at radius 2 is 1.76 bits per heavy atom. The molecule has 102 valence electrons. The average Bonchev–Trinajstić information content (AvgIpc) is 2.28. The molecule has 1 saturated carbocycles. The van der Waals surface area contributed by atoms with E-state index in [1.165, 1.54) is 38.6 Å². The van der Waals surface area contributed by atoms with E-state index in [-0.39, 0.29) is 0 Å². The van der Waals surface area contributed by atoms with Crippen molar-refractivity contribution >= 4 is 0 Å². The summed E-state index contributed by atoms with van der Waals surface area (Å²) in [7, 11) is 2.30. The maximum atomic E-state index is 5.89. The Bertz CT molecular complexity index is 195. The van der Waals surface area contributed by atoms with Gasteiger partial charge in [-0.1, -0.05) is 20.8 Å². The van der Waals surface area contributed by atoms with Crippen molar-refractivity contribution in [2.45, 2.75) is 58.9 Å². The first-order valence-corrected chi connectivity index (χ1v) is 7.43. The predicted octanol–water partition coefficient (Wildman–Crippen LogP) is 3.12. The van der Waals surface area contributed by atoms with Gasteiger partial charge in [-0.25, -0.2) is 0 Å². The second-order valence-electron chi connectivity index (χ2n) is 6.58. The Kier molecular flexibility index (Phi) is 6.50. The Labute approximate surface area is 108 Å². The van der Waals surface area contributed by atoms with Gasteiger partial charge in [0.1, 0.15) is 0 Å². The van der Waals surface area contributed by atoms with Gasteiger partial charge in [0.05, 0.1) is 0 Å². The van der Waals surface area contributed by atoms with Crippen LogP contribution >= 0.6 is 0 Å². The molecule has 0 aromatic carbocycles. The molecule has 2 heteroatoms. The highest BCUT2D eigenvalue weighted by Gasteiger charge is 2.23. The highest BCUT2D eigenvalue weighted by atomic mass is 15.1. The van der Waals surface area contributed by atoms with Crippen LogP contribution in [0.4, 0.5) is 0 Å². The molecule has 0 bridgehead atoms. The van der Waals surface area contributed by atoms with Crippen molar-refractivity contribution in [1.82, 2.24) is 4.90 Å². The lowest BCUT2D eigenvalue weighted by Crippen LogP contribution is -2.39. The molecular weight excluding hydrogens is 208 g/mol. The molecular formula is C15H32N2. The van der Waals surface area contributed by atoms with Gasteiger partial charge in [-0.15, -0.1) is 0 Å². The van der Waals surface area contributed by atoms with Crippen molar-refractivity contribution in [2.75, 3.05) is 20.1 Å². The predicted molar refractivity (Wildman–Crippen MR) is 76.0 cm³/mol. The fraction of sp³-hybridized carbons (Fsp3) is 1.00. The van der Waals surface area contributed by atoms with Crippen LogP contribution in [0.1, 0.15) is 52.9 Å². The Morgan fingerprint density at radius 3 is 2.24 bits per heavy atom. The van der Waals surface area contributed by atoms with Gasteiger partial charge in [0.2, 0.25) is 0 Å².